The standard InChI is InChI=1S/C34H41FN2O3/c1-25(2)40-32(38)24-34(3,27-12-5-4-6-13-27)19-10-20-37-21-17-29(18-22-37)36-33(39)31-16-8-7-15-30(31)26-11-9-14-28(35)23-26/h4-9,11-16,23,25,29H,10,17-22,24H2,1-3H3,(H,36,39). The van der Waals surface area contributed by atoms with E-state index < -0.39 is 0 Å². The van der Waals surface area contributed by atoms with E-state index in [1.807, 2.05) is 56.3 Å². The number of nitrogens with one attached hydrogen (secondary N) is 1. The second-order valence-electron chi connectivity index (χ2n) is 11.4. The maximum atomic E-state index is 13.8. The van der Waals surface area contributed by atoms with E-state index in [4.69, 9.17) is 4.74 Å². The molecule has 40 heavy (non-hydrogen) atoms. The Kier molecular flexibility index (Phi) is 10.1. The van der Waals surface area contributed by atoms with E-state index in [9.17, 15) is 14.0 Å². The number of likely N-dealkylation sites (tertiary alicyclic amines) is 1. The van der Waals surface area contributed by atoms with Gasteiger partial charge in [0.1, 0.15) is 5.82 Å². The zero-order valence-electron chi connectivity index (χ0n) is 23.9. The molecule has 1 N–H and O–H groups in total. The van der Waals surface area contributed by atoms with Crippen LogP contribution in [-0.4, -0.2) is 48.6 Å². The van der Waals surface area contributed by atoms with Gasteiger partial charge in [0.25, 0.3) is 5.91 Å². The number of hydrogen-bond acceptors (Lipinski definition) is 4. The Hall–Kier alpha value is -3.51. The van der Waals surface area contributed by atoms with Crippen LogP contribution in [-0.2, 0) is 14.9 Å². The third-order valence-corrected chi connectivity index (χ3v) is 7.81. The van der Waals surface area contributed by atoms with Crippen molar-refractivity contribution in [2.75, 3.05) is 19.6 Å². The van der Waals surface area contributed by atoms with Crippen LogP contribution in [0.15, 0.2) is 78.9 Å². The minimum Gasteiger partial charge on any atom is -0.463 e. The second kappa shape index (κ2) is 13.7. The Morgan fingerprint density at radius 3 is 2.40 bits per heavy atom. The van der Waals surface area contributed by atoms with Crippen molar-refractivity contribution in [1.29, 1.82) is 0 Å². The lowest BCUT2D eigenvalue weighted by atomic mass is 9.76. The molecule has 0 spiro atoms. The predicted octanol–water partition coefficient (Wildman–Crippen LogP) is 6.77. The summed E-state index contributed by atoms with van der Waals surface area (Å²) in [6.45, 7) is 8.69. The van der Waals surface area contributed by atoms with Crippen molar-refractivity contribution in [1.82, 2.24) is 10.2 Å². The molecule has 212 valence electrons. The minimum absolute atomic E-state index is 0.102. The fourth-order valence-electron chi connectivity index (χ4n) is 5.64. The lowest BCUT2D eigenvalue weighted by Gasteiger charge is -2.34. The smallest absolute Gasteiger partial charge is 0.306 e. The number of halogens is 1. The van der Waals surface area contributed by atoms with Gasteiger partial charge in [-0.05, 0) is 81.0 Å². The van der Waals surface area contributed by atoms with Crippen LogP contribution in [0.1, 0.15) is 68.8 Å². The molecule has 1 aliphatic heterocycles. The number of nitrogens with zero attached hydrogens (tertiary/aromatic N) is 1. The van der Waals surface area contributed by atoms with Crippen molar-refractivity contribution >= 4 is 11.9 Å². The average molecular weight is 545 g/mol. The van der Waals surface area contributed by atoms with Crippen LogP contribution in [0.3, 0.4) is 0 Å². The monoisotopic (exact) mass is 544 g/mol. The second-order valence-corrected chi connectivity index (χ2v) is 11.4. The van der Waals surface area contributed by atoms with Crippen molar-refractivity contribution in [3.8, 4) is 11.1 Å². The molecular formula is C34H41FN2O3. The van der Waals surface area contributed by atoms with Crippen LogP contribution in [0.2, 0.25) is 0 Å². The maximum absolute atomic E-state index is 13.8. The molecule has 1 aliphatic rings. The van der Waals surface area contributed by atoms with E-state index >= 15 is 0 Å². The summed E-state index contributed by atoms with van der Waals surface area (Å²) in [7, 11) is 0. The summed E-state index contributed by atoms with van der Waals surface area (Å²) in [6, 6.07) is 24.1. The Balaban J connectivity index is 1.29. The van der Waals surface area contributed by atoms with Gasteiger partial charge >= 0.3 is 5.97 Å². The van der Waals surface area contributed by atoms with Gasteiger partial charge in [0.05, 0.1) is 12.5 Å². The molecule has 6 heteroatoms. The van der Waals surface area contributed by atoms with Crippen LogP contribution in [0.25, 0.3) is 11.1 Å². The molecule has 1 heterocycles. The van der Waals surface area contributed by atoms with E-state index in [-0.39, 0.29) is 35.3 Å². The van der Waals surface area contributed by atoms with E-state index in [2.05, 4.69) is 29.3 Å². The van der Waals surface area contributed by atoms with Crippen molar-refractivity contribution in [2.24, 2.45) is 0 Å². The van der Waals surface area contributed by atoms with E-state index in [0.717, 1.165) is 56.4 Å². The van der Waals surface area contributed by atoms with Gasteiger partial charge in [0.2, 0.25) is 0 Å². The SMILES string of the molecule is CC(C)OC(=O)CC(C)(CCCN1CCC(NC(=O)c2ccccc2-c2cccc(F)c2)CC1)c1ccccc1. The van der Waals surface area contributed by atoms with Crippen LogP contribution in [0.4, 0.5) is 4.39 Å². The van der Waals surface area contributed by atoms with Crippen molar-refractivity contribution in [2.45, 2.75) is 70.4 Å². The fraction of sp³-hybridized carbons (Fsp3) is 0.412. The van der Waals surface area contributed by atoms with E-state index in [0.29, 0.717) is 17.5 Å². The number of carbonyl (C=O) groups is 2. The largest absolute Gasteiger partial charge is 0.463 e. The first-order chi connectivity index (χ1) is 19.2. The average Bonchev–Trinajstić information content (AvgIpc) is 2.94. The molecule has 0 bridgehead atoms. The van der Waals surface area contributed by atoms with Crippen molar-refractivity contribution < 1.29 is 18.7 Å². The first-order valence-electron chi connectivity index (χ1n) is 14.4. The molecule has 5 nitrogen and oxygen atoms in total. The summed E-state index contributed by atoms with van der Waals surface area (Å²) in [4.78, 5) is 28.2. The van der Waals surface area contributed by atoms with E-state index in [1.54, 1.807) is 12.1 Å². The Labute approximate surface area is 237 Å². The van der Waals surface area contributed by atoms with Crippen LogP contribution in [0, 0.1) is 5.82 Å². The maximum Gasteiger partial charge on any atom is 0.306 e. The molecule has 0 saturated carbocycles. The molecule has 3 aromatic carbocycles. The van der Waals surface area contributed by atoms with Crippen molar-refractivity contribution in [3.63, 3.8) is 0 Å². The number of rotatable bonds is 11. The minimum atomic E-state index is -0.320. The van der Waals surface area contributed by atoms with Gasteiger partial charge in [0.15, 0.2) is 0 Å². The van der Waals surface area contributed by atoms with Crippen LogP contribution in [0.5, 0.6) is 0 Å². The van der Waals surface area contributed by atoms with Crippen LogP contribution >= 0.6 is 0 Å². The fourth-order valence-corrected chi connectivity index (χ4v) is 5.64. The highest BCUT2D eigenvalue weighted by molar-refractivity contribution is 6.01. The highest BCUT2D eigenvalue weighted by Crippen LogP contribution is 2.33. The van der Waals surface area contributed by atoms with E-state index in [1.165, 1.54) is 12.1 Å². The molecule has 0 aliphatic carbocycles. The van der Waals surface area contributed by atoms with Crippen LogP contribution < -0.4 is 5.32 Å². The highest BCUT2D eigenvalue weighted by atomic mass is 19.1. The number of ether oxygens (including phenoxy) is 1. The number of carbonyl (C=O) groups excluding carboxylic acids is 2. The van der Waals surface area contributed by atoms with Gasteiger partial charge < -0.3 is 15.0 Å². The van der Waals surface area contributed by atoms with Gasteiger partial charge in [-0.25, -0.2) is 4.39 Å². The third kappa shape index (κ3) is 8.01. The normalized spacial score (nSPS) is 15.9. The van der Waals surface area contributed by atoms with Gasteiger partial charge in [-0.1, -0.05) is 67.6 Å². The number of hydrogen-bond donors (Lipinski definition) is 1. The summed E-state index contributed by atoms with van der Waals surface area (Å²) in [5.41, 5.74) is 2.87. The first kappa shape index (κ1) is 29.5. The molecule has 1 fully saturated rings. The molecule has 0 aromatic heterocycles. The number of benzene rings is 3. The number of piperidine rings is 1. The molecule has 1 amide bonds. The Morgan fingerprint density at radius 2 is 1.70 bits per heavy atom. The predicted molar refractivity (Wildman–Crippen MR) is 158 cm³/mol. The molecule has 1 saturated heterocycles. The van der Waals surface area contributed by atoms with Gasteiger partial charge in [0, 0.05) is 30.1 Å². The summed E-state index contributed by atoms with van der Waals surface area (Å²) in [5.74, 6) is -0.596. The quantitative estimate of drug-likeness (QED) is 0.271. The lowest BCUT2D eigenvalue weighted by molar-refractivity contribution is -0.148. The number of amides is 1. The van der Waals surface area contributed by atoms with Gasteiger partial charge in [-0.15, -0.1) is 0 Å². The summed E-state index contributed by atoms with van der Waals surface area (Å²) in [5, 5.41) is 3.21. The molecule has 4 rings (SSSR count). The molecular weight excluding hydrogens is 503 g/mol. The summed E-state index contributed by atoms with van der Waals surface area (Å²) >= 11 is 0. The highest BCUT2D eigenvalue weighted by Gasteiger charge is 2.31. The summed E-state index contributed by atoms with van der Waals surface area (Å²) in [6.07, 6.45) is 3.86. The molecule has 1 unspecified atom stereocenters. The first-order valence-corrected chi connectivity index (χ1v) is 14.4. The Bertz CT molecular complexity index is 1270. The summed E-state index contributed by atoms with van der Waals surface area (Å²) < 4.78 is 19.3. The zero-order chi connectivity index (χ0) is 28.5. The zero-order valence-corrected chi connectivity index (χ0v) is 23.9. The molecule has 3 aromatic rings. The van der Waals surface area contributed by atoms with Crippen molar-refractivity contribution in [3.05, 3.63) is 95.8 Å². The Morgan fingerprint density at radius 1 is 1.00 bits per heavy atom. The topological polar surface area (TPSA) is 58.6 Å². The number of esters is 1. The van der Waals surface area contributed by atoms with Gasteiger partial charge in [-0.2, -0.15) is 0 Å². The molecule has 1 atom stereocenters. The van der Waals surface area contributed by atoms with Gasteiger partial charge in [-0.3, -0.25) is 9.59 Å². The lowest BCUT2D eigenvalue weighted by Crippen LogP contribution is -2.45. The molecule has 0 radical (unpaired) electrons. The third-order valence-electron chi connectivity index (χ3n) is 7.81.